The molecule has 7 heteroatoms. The van der Waals surface area contributed by atoms with Crippen LogP contribution in [0.4, 0.5) is 0 Å². The minimum Gasteiger partial charge on any atom is -0.390 e. The number of hydrogen-bond acceptors (Lipinski definition) is 6. The van der Waals surface area contributed by atoms with Gasteiger partial charge in [-0.1, -0.05) is 63.8 Å². The molecule has 3 saturated carbocycles. The summed E-state index contributed by atoms with van der Waals surface area (Å²) in [6, 6.07) is 0. The number of carbonyl (C=O) groups is 2. The zero-order chi connectivity index (χ0) is 37.0. The summed E-state index contributed by atoms with van der Waals surface area (Å²) in [7, 11) is 0. The summed E-state index contributed by atoms with van der Waals surface area (Å²) in [5, 5.41) is 13.3. The summed E-state index contributed by atoms with van der Waals surface area (Å²) >= 11 is 0. The molecule has 0 aromatic rings. The van der Waals surface area contributed by atoms with Gasteiger partial charge in [0.15, 0.2) is 0 Å². The second-order valence-corrected chi connectivity index (χ2v) is 18.0. The van der Waals surface area contributed by atoms with E-state index in [4.69, 9.17) is 14.2 Å². The molecule has 3 aliphatic rings. The first-order valence-electron chi connectivity index (χ1n) is 20.2. The molecular formula is C43H75NO6. The number of amides is 1. The molecule has 7 nitrogen and oxygen atoms in total. The van der Waals surface area contributed by atoms with Gasteiger partial charge in [-0.3, -0.25) is 4.79 Å². The van der Waals surface area contributed by atoms with E-state index in [9.17, 15) is 14.7 Å². The molecule has 7 atom stereocenters. The third-order valence-corrected chi connectivity index (χ3v) is 12.7. The lowest BCUT2D eigenvalue weighted by Crippen LogP contribution is -2.38. The van der Waals surface area contributed by atoms with Crippen molar-refractivity contribution in [2.75, 3.05) is 26.4 Å². The number of fused-ring (bicyclic) bond motifs is 1. The Bertz CT molecular complexity index is 1120. The predicted molar refractivity (Wildman–Crippen MR) is 204 cm³/mol. The van der Waals surface area contributed by atoms with E-state index in [-0.39, 0.29) is 18.6 Å². The Morgan fingerprint density at radius 2 is 1.76 bits per heavy atom. The zero-order valence-electron chi connectivity index (χ0n) is 33.5. The minimum absolute atomic E-state index is 0.00292. The van der Waals surface area contributed by atoms with Gasteiger partial charge in [-0.15, -0.1) is 0 Å². The molecule has 3 rings (SSSR count). The van der Waals surface area contributed by atoms with Crippen LogP contribution in [-0.4, -0.2) is 66.6 Å². The monoisotopic (exact) mass is 702 g/mol. The molecule has 0 saturated heterocycles. The van der Waals surface area contributed by atoms with Crippen molar-refractivity contribution in [3.63, 3.8) is 0 Å². The molecule has 0 radical (unpaired) electrons. The van der Waals surface area contributed by atoms with Gasteiger partial charge in [0.05, 0.1) is 35.9 Å². The Morgan fingerprint density at radius 1 is 1.02 bits per heavy atom. The molecule has 0 spiro atoms. The fourth-order valence-corrected chi connectivity index (χ4v) is 9.15. The number of carbonyl (C=O) groups excluding carboxylic acids is 2. The van der Waals surface area contributed by atoms with E-state index in [1.807, 2.05) is 41.5 Å². The van der Waals surface area contributed by atoms with Crippen LogP contribution in [0, 0.1) is 29.1 Å². The Hall–Kier alpha value is -1.54. The molecule has 50 heavy (non-hydrogen) atoms. The van der Waals surface area contributed by atoms with Crippen molar-refractivity contribution in [1.82, 2.24) is 5.32 Å². The lowest BCUT2D eigenvalue weighted by molar-refractivity contribution is -0.132. The number of aliphatic hydroxyl groups is 1. The number of ether oxygens (including phenoxy) is 3. The number of rotatable bonds is 21. The molecule has 1 amide bonds. The number of nitrogens with one attached hydrogen (secondary N) is 1. The van der Waals surface area contributed by atoms with Crippen molar-refractivity contribution in [2.24, 2.45) is 29.1 Å². The van der Waals surface area contributed by atoms with Crippen LogP contribution in [0.15, 0.2) is 23.3 Å². The van der Waals surface area contributed by atoms with Gasteiger partial charge in [0.1, 0.15) is 12.9 Å². The van der Waals surface area contributed by atoms with Crippen molar-refractivity contribution >= 4 is 12.2 Å². The first-order valence-corrected chi connectivity index (χ1v) is 20.2. The number of aldehydes is 1. The molecule has 0 aliphatic heterocycles. The van der Waals surface area contributed by atoms with Crippen LogP contribution < -0.4 is 5.32 Å². The number of hydrogen-bond donors (Lipinski definition) is 2. The van der Waals surface area contributed by atoms with E-state index < -0.39 is 16.8 Å². The third-order valence-electron chi connectivity index (χ3n) is 12.7. The van der Waals surface area contributed by atoms with Crippen molar-refractivity contribution in [3.05, 3.63) is 23.3 Å². The quantitative estimate of drug-likeness (QED) is 0.0916. The fraction of sp³-hybridized carbons (Fsp3) is 0.860. The van der Waals surface area contributed by atoms with Crippen LogP contribution in [0.1, 0.15) is 159 Å². The summed E-state index contributed by atoms with van der Waals surface area (Å²) in [5.74, 6) is 2.80. The van der Waals surface area contributed by atoms with Gasteiger partial charge in [-0.2, -0.15) is 0 Å². The van der Waals surface area contributed by atoms with Gasteiger partial charge in [0, 0.05) is 13.2 Å². The van der Waals surface area contributed by atoms with Crippen LogP contribution in [0.3, 0.4) is 0 Å². The summed E-state index contributed by atoms with van der Waals surface area (Å²) in [5.41, 5.74) is 2.07. The molecule has 0 aromatic heterocycles. The maximum absolute atomic E-state index is 12.8. The van der Waals surface area contributed by atoms with Crippen molar-refractivity contribution in [3.8, 4) is 0 Å². The smallest absolute Gasteiger partial charge is 0.222 e. The first kappa shape index (κ1) is 42.9. The largest absolute Gasteiger partial charge is 0.390 e. The summed E-state index contributed by atoms with van der Waals surface area (Å²) in [6.45, 7) is 21.0. The molecular weight excluding hydrogens is 626 g/mol. The van der Waals surface area contributed by atoms with Gasteiger partial charge in [0.25, 0.3) is 0 Å². The first-order chi connectivity index (χ1) is 23.5. The van der Waals surface area contributed by atoms with E-state index in [2.05, 4.69) is 38.2 Å². The average molecular weight is 702 g/mol. The van der Waals surface area contributed by atoms with Gasteiger partial charge < -0.3 is 29.4 Å². The van der Waals surface area contributed by atoms with Crippen molar-refractivity contribution < 1.29 is 28.9 Å². The molecule has 2 unspecified atom stereocenters. The summed E-state index contributed by atoms with van der Waals surface area (Å²) in [4.78, 5) is 23.4. The van der Waals surface area contributed by atoms with E-state index in [1.165, 1.54) is 44.1 Å². The maximum Gasteiger partial charge on any atom is 0.222 e. The SMILES string of the molecule is CCC(C)(CC(=O)NCCCO[C@H]1CCC(C)/C(=C\C=C2/CCC[C@]3(C)[C@@H]([C@H](C)CCCC(C)(C)O)CC[C@@H]23)C1)OCCC(C)(C)OCC=O. The molecule has 3 fully saturated rings. The standard InChI is InChI=1S/C43H75NO6/c1-10-42(8,50-28-24-41(6,7)49-29-26-45)31-39(46)44-25-13-27-48-36-19-16-32(2)35(30-36)18-17-34-15-12-23-43(9)37(20-21-38(34)43)33(3)14-11-22-40(4,5)47/h17-18,26,32-33,36-38,47H,10-16,19-25,27-31H2,1-9H3,(H,44,46)/b34-17+,35-18-/t32?,33-,36+,37-,38+,42?,43-/m1/s1. The molecule has 3 aliphatic carbocycles. The van der Waals surface area contributed by atoms with E-state index in [0.717, 1.165) is 57.1 Å². The Balaban J connectivity index is 1.43. The van der Waals surface area contributed by atoms with Crippen LogP contribution >= 0.6 is 0 Å². The highest BCUT2D eigenvalue weighted by molar-refractivity contribution is 5.76. The van der Waals surface area contributed by atoms with E-state index in [0.29, 0.717) is 55.8 Å². The van der Waals surface area contributed by atoms with Crippen LogP contribution in [0.5, 0.6) is 0 Å². The predicted octanol–water partition coefficient (Wildman–Crippen LogP) is 9.30. The van der Waals surface area contributed by atoms with Crippen LogP contribution in [0.2, 0.25) is 0 Å². The highest BCUT2D eigenvalue weighted by atomic mass is 16.5. The molecule has 0 heterocycles. The van der Waals surface area contributed by atoms with Crippen LogP contribution in [-0.2, 0) is 23.8 Å². The lowest BCUT2D eigenvalue weighted by atomic mass is 9.60. The second kappa shape index (κ2) is 19.5. The maximum atomic E-state index is 12.8. The normalized spacial score (nSPS) is 29.5. The third kappa shape index (κ3) is 13.5. The Labute approximate surface area is 306 Å². The molecule has 0 bridgehead atoms. The molecule has 2 N–H and O–H groups in total. The topological polar surface area (TPSA) is 94.1 Å². The lowest BCUT2D eigenvalue weighted by Gasteiger charge is -2.44. The minimum atomic E-state index is -0.558. The highest BCUT2D eigenvalue weighted by Crippen LogP contribution is 2.60. The fourth-order valence-electron chi connectivity index (χ4n) is 9.15. The van der Waals surface area contributed by atoms with E-state index in [1.54, 1.807) is 5.57 Å². The molecule has 288 valence electrons. The van der Waals surface area contributed by atoms with Gasteiger partial charge >= 0.3 is 0 Å². The second-order valence-electron chi connectivity index (χ2n) is 18.0. The van der Waals surface area contributed by atoms with Gasteiger partial charge in [-0.25, -0.2) is 0 Å². The Morgan fingerprint density at radius 3 is 2.46 bits per heavy atom. The summed E-state index contributed by atoms with van der Waals surface area (Å²) in [6.07, 6.45) is 21.5. The summed E-state index contributed by atoms with van der Waals surface area (Å²) < 4.78 is 18.1. The Kier molecular flexibility index (Phi) is 16.7. The average Bonchev–Trinajstić information content (AvgIpc) is 3.40. The van der Waals surface area contributed by atoms with Crippen molar-refractivity contribution in [1.29, 1.82) is 0 Å². The van der Waals surface area contributed by atoms with E-state index >= 15 is 0 Å². The van der Waals surface area contributed by atoms with Gasteiger partial charge in [0.2, 0.25) is 5.91 Å². The molecule has 0 aromatic carbocycles. The van der Waals surface area contributed by atoms with Gasteiger partial charge in [-0.05, 0) is 141 Å². The number of allylic oxidation sites excluding steroid dienone is 3. The van der Waals surface area contributed by atoms with Crippen LogP contribution in [0.25, 0.3) is 0 Å². The zero-order valence-corrected chi connectivity index (χ0v) is 33.5. The highest BCUT2D eigenvalue weighted by Gasteiger charge is 2.50. The van der Waals surface area contributed by atoms with Crippen molar-refractivity contribution in [2.45, 2.75) is 182 Å².